The van der Waals surface area contributed by atoms with Gasteiger partial charge in [0.15, 0.2) is 11.6 Å². The fourth-order valence-corrected chi connectivity index (χ4v) is 3.59. The van der Waals surface area contributed by atoms with Crippen molar-refractivity contribution < 1.29 is 22.0 Å². The van der Waals surface area contributed by atoms with Gasteiger partial charge < -0.3 is 9.15 Å². The number of aromatic nitrogens is 3. The van der Waals surface area contributed by atoms with Crippen molar-refractivity contribution in [3.63, 3.8) is 0 Å². The van der Waals surface area contributed by atoms with E-state index in [-0.39, 0.29) is 29.1 Å². The molecule has 0 saturated carbocycles. The Kier molecular flexibility index (Phi) is 5.78. The van der Waals surface area contributed by atoms with Gasteiger partial charge in [0, 0.05) is 49.1 Å². The van der Waals surface area contributed by atoms with Crippen LogP contribution in [0.15, 0.2) is 58.1 Å². The van der Waals surface area contributed by atoms with Gasteiger partial charge in [-0.1, -0.05) is 0 Å². The van der Waals surface area contributed by atoms with Crippen molar-refractivity contribution in [3.05, 3.63) is 81.9 Å². The highest BCUT2D eigenvalue weighted by Crippen LogP contribution is 2.28. The van der Waals surface area contributed by atoms with Crippen LogP contribution in [0.2, 0.25) is 0 Å². The standard InChI is InChI=1S/C21H18FN5O5S/c1-12-15-5-4-14(31-21-25-7-3-8-26-21)11-17(15)32-20(28)16(12)10-13-6-9-24-19(18(13)22)27(2)33(23,29)30/h3-9,11H,10H2,1-2H3,(H2,23,29,30). The Morgan fingerprint density at radius 3 is 2.58 bits per heavy atom. The summed E-state index contributed by atoms with van der Waals surface area (Å²) in [4.78, 5) is 24.4. The lowest BCUT2D eigenvalue weighted by Gasteiger charge is -2.17. The van der Waals surface area contributed by atoms with Crippen LogP contribution in [-0.2, 0) is 16.6 Å². The average Bonchev–Trinajstić information content (AvgIpc) is 2.77. The molecule has 170 valence electrons. The summed E-state index contributed by atoms with van der Waals surface area (Å²) in [7, 11) is -3.13. The monoisotopic (exact) mass is 471 g/mol. The van der Waals surface area contributed by atoms with Gasteiger partial charge in [0.1, 0.15) is 11.3 Å². The lowest BCUT2D eigenvalue weighted by atomic mass is 10.00. The zero-order valence-electron chi connectivity index (χ0n) is 17.5. The van der Waals surface area contributed by atoms with Crippen molar-refractivity contribution >= 4 is 27.0 Å². The number of halogens is 1. The molecule has 0 aliphatic rings. The number of hydrogen-bond donors (Lipinski definition) is 1. The number of aryl methyl sites for hydroxylation is 1. The minimum Gasteiger partial charge on any atom is -0.424 e. The number of nitrogens with zero attached hydrogens (tertiary/aromatic N) is 4. The molecule has 0 radical (unpaired) electrons. The largest absolute Gasteiger partial charge is 0.424 e. The summed E-state index contributed by atoms with van der Waals surface area (Å²) in [5.41, 5.74) is 0.481. The second-order valence-electron chi connectivity index (χ2n) is 7.08. The second-order valence-corrected chi connectivity index (χ2v) is 8.66. The van der Waals surface area contributed by atoms with Crippen LogP contribution in [0.1, 0.15) is 16.7 Å². The molecule has 12 heteroatoms. The minimum atomic E-state index is -4.21. The zero-order valence-corrected chi connectivity index (χ0v) is 18.3. The number of pyridine rings is 1. The molecule has 10 nitrogen and oxygen atoms in total. The molecule has 2 N–H and O–H groups in total. The Morgan fingerprint density at radius 2 is 1.88 bits per heavy atom. The molecule has 0 atom stereocenters. The van der Waals surface area contributed by atoms with E-state index < -0.39 is 27.5 Å². The van der Waals surface area contributed by atoms with E-state index in [2.05, 4.69) is 15.0 Å². The highest BCUT2D eigenvalue weighted by Gasteiger charge is 2.22. The molecule has 0 spiro atoms. The van der Waals surface area contributed by atoms with Gasteiger partial charge in [0.2, 0.25) is 0 Å². The van der Waals surface area contributed by atoms with E-state index in [0.29, 0.717) is 21.0 Å². The van der Waals surface area contributed by atoms with E-state index in [1.54, 1.807) is 25.1 Å². The number of hydrogen-bond acceptors (Lipinski definition) is 8. The van der Waals surface area contributed by atoms with Gasteiger partial charge in [-0.3, -0.25) is 0 Å². The molecule has 1 aromatic carbocycles. The number of nitrogens with two attached hydrogens (primary N) is 1. The lowest BCUT2D eigenvalue weighted by molar-refractivity contribution is 0.440. The van der Waals surface area contributed by atoms with Crippen molar-refractivity contribution in [1.82, 2.24) is 15.0 Å². The molecule has 4 rings (SSSR count). The van der Waals surface area contributed by atoms with Crippen molar-refractivity contribution in [2.24, 2.45) is 5.14 Å². The van der Waals surface area contributed by atoms with Crippen LogP contribution in [0.3, 0.4) is 0 Å². The predicted molar refractivity (Wildman–Crippen MR) is 118 cm³/mol. The lowest BCUT2D eigenvalue weighted by Crippen LogP contribution is -2.34. The summed E-state index contributed by atoms with van der Waals surface area (Å²) in [6, 6.07) is 8.06. The van der Waals surface area contributed by atoms with Gasteiger partial charge in [0.05, 0.1) is 0 Å². The highest BCUT2D eigenvalue weighted by atomic mass is 32.2. The molecule has 0 aliphatic carbocycles. The van der Waals surface area contributed by atoms with Crippen LogP contribution in [0.4, 0.5) is 10.2 Å². The molecule has 0 unspecified atom stereocenters. The highest BCUT2D eigenvalue weighted by molar-refractivity contribution is 7.90. The molecule has 0 bridgehead atoms. The molecule has 4 aromatic rings. The molecule has 33 heavy (non-hydrogen) atoms. The van der Waals surface area contributed by atoms with E-state index >= 15 is 0 Å². The Labute approximate surface area is 187 Å². The molecule has 3 heterocycles. The SMILES string of the molecule is Cc1c(Cc2ccnc(N(C)S(N)(=O)=O)c2F)c(=O)oc2cc(Oc3ncccn3)ccc12. The normalized spacial score (nSPS) is 11.5. The molecule has 0 fully saturated rings. The second kappa shape index (κ2) is 8.56. The Balaban J connectivity index is 1.71. The molecule has 0 aliphatic heterocycles. The molecule has 0 saturated heterocycles. The number of benzene rings is 1. The van der Waals surface area contributed by atoms with E-state index in [1.807, 2.05) is 0 Å². The van der Waals surface area contributed by atoms with Crippen LogP contribution in [-0.4, -0.2) is 30.4 Å². The van der Waals surface area contributed by atoms with E-state index in [4.69, 9.17) is 14.3 Å². The molecular weight excluding hydrogens is 453 g/mol. The van der Waals surface area contributed by atoms with Gasteiger partial charge in [-0.25, -0.2) is 33.6 Å². The van der Waals surface area contributed by atoms with Gasteiger partial charge >= 0.3 is 11.6 Å². The quantitative estimate of drug-likeness (QED) is 0.423. The molecule has 0 amide bonds. The van der Waals surface area contributed by atoms with Gasteiger partial charge in [-0.05, 0) is 42.3 Å². The van der Waals surface area contributed by atoms with Crippen LogP contribution in [0.5, 0.6) is 11.8 Å². The third-order valence-corrected chi connectivity index (χ3v) is 5.94. The maximum Gasteiger partial charge on any atom is 0.340 e. The van der Waals surface area contributed by atoms with Gasteiger partial charge in [0.25, 0.3) is 10.2 Å². The fourth-order valence-electron chi connectivity index (χ4n) is 3.22. The van der Waals surface area contributed by atoms with E-state index in [0.717, 1.165) is 7.05 Å². The fraction of sp³-hybridized carbons (Fsp3) is 0.143. The van der Waals surface area contributed by atoms with Gasteiger partial charge in [-0.2, -0.15) is 8.42 Å². The average molecular weight is 471 g/mol. The summed E-state index contributed by atoms with van der Waals surface area (Å²) in [6.07, 6.45) is 4.16. The third-order valence-electron chi connectivity index (χ3n) is 5.01. The topological polar surface area (TPSA) is 142 Å². The number of anilines is 1. The third kappa shape index (κ3) is 4.52. The van der Waals surface area contributed by atoms with Crippen molar-refractivity contribution in [1.29, 1.82) is 0 Å². The number of fused-ring (bicyclic) bond motifs is 1. The van der Waals surface area contributed by atoms with E-state index in [9.17, 15) is 17.6 Å². The van der Waals surface area contributed by atoms with E-state index in [1.165, 1.54) is 30.7 Å². The Bertz CT molecular complexity index is 1510. The van der Waals surface area contributed by atoms with Crippen molar-refractivity contribution in [3.8, 4) is 11.8 Å². The maximum atomic E-state index is 15.0. The predicted octanol–water partition coefficient (Wildman–Crippen LogP) is 2.45. The summed E-state index contributed by atoms with van der Waals surface area (Å²) in [6.45, 7) is 1.71. The first-order chi connectivity index (χ1) is 15.6. The Morgan fingerprint density at radius 1 is 1.15 bits per heavy atom. The maximum absolute atomic E-state index is 15.0. The van der Waals surface area contributed by atoms with Gasteiger partial charge in [-0.15, -0.1) is 0 Å². The summed E-state index contributed by atoms with van der Waals surface area (Å²) in [5.74, 6) is -0.998. The Hall–Kier alpha value is -3.90. The number of rotatable bonds is 6. The van der Waals surface area contributed by atoms with Crippen molar-refractivity contribution in [2.75, 3.05) is 11.4 Å². The van der Waals surface area contributed by atoms with Crippen LogP contribution in [0, 0.1) is 12.7 Å². The smallest absolute Gasteiger partial charge is 0.340 e. The number of ether oxygens (including phenoxy) is 1. The zero-order chi connectivity index (χ0) is 23.8. The first-order valence-corrected chi connectivity index (χ1v) is 11.1. The first kappa shape index (κ1) is 22.3. The van der Waals surface area contributed by atoms with Crippen LogP contribution < -0.4 is 19.8 Å². The summed E-state index contributed by atoms with van der Waals surface area (Å²) in [5, 5.41) is 5.69. The first-order valence-electron chi connectivity index (χ1n) is 9.56. The van der Waals surface area contributed by atoms with Crippen molar-refractivity contribution in [2.45, 2.75) is 13.3 Å². The summed E-state index contributed by atoms with van der Waals surface area (Å²) < 4.78 is 49.7. The molecular formula is C21H18FN5O5S. The van der Waals surface area contributed by atoms with Crippen LogP contribution >= 0.6 is 0 Å². The molecule has 3 aromatic heterocycles. The summed E-state index contributed by atoms with van der Waals surface area (Å²) >= 11 is 0. The minimum absolute atomic E-state index is 0.0615. The van der Waals surface area contributed by atoms with Crippen LogP contribution in [0.25, 0.3) is 11.0 Å².